The van der Waals surface area contributed by atoms with Crippen LogP contribution in [-0.4, -0.2) is 22.2 Å². The van der Waals surface area contributed by atoms with Crippen molar-refractivity contribution >= 4 is 11.9 Å². The quantitative estimate of drug-likeness (QED) is 0.775. The number of hydrogen-bond acceptors (Lipinski definition) is 2. The Morgan fingerprint density at radius 1 is 0.938 bits per heavy atom. The molecule has 1 saturated carbocycles. The highest BCUT2D eigenvalue weighted by Crippen LogP contribution is 2.55. The summed E-state index contributed by atoms with van der Waals surface area (Å²) in [6, 6.07) is 0. The van der Waals surface area contributed by atoms with Gasteiger partial charge in [-0.25, -0.2) is 0 Å². The average Bonchev–Trinajstić information content (AvgIpc) is 2.27. The zero-order valence-corrected chi connectivity index (χ0v) is 9.95. The van der Waals surface area contributed by atoms with E-state index in [1.807, 2.05) is 0 Å². The molecule has 1 aliphatic rings. The van der Waals surface area contributed by atoms with E-state index in [4.69, 9.17) is 0 Å². The molecule has 0 aromatic rings. The Bertz CT molecular complexity index is 269. The first-order valence-electron chi connectivity index (χ1n) is 5.93. The van der Waals surface area contributed by atoms with Gasteiger partial charge in [0.05, 0.1) is 10.8 Å². The highest BCUT2D eigenvalue weighted by molar-refractivity contribution is 5.86. The molecule has 0 aliphatic heterocycles. The first-order chi connectivity index (χ1) is 7.47. The third-order valence-corrected chi connectivity index (χ3v) is 4.40. The van der Waals surface area contributed by atoms with E-state index in [0.717, 1.165) is 12.8 Å². The minimum absolute atomic E-state index is 0.391. The van der Waals surface area contributed by atoms with Crippen LogP contribution in [0.3, 0.4) is 0 Å². The maximum Gasteiger partial charge on any atom is 0.310 e. The van der Waals surface area contributed by atoms with E-state index in [1.54, 1.807) is 13.8 Å². The van der Waals surface area contributed by atoms with Crippen LogP contribution in [0.15, 0.2) is 0 Å². The summed E-state index contributed by atoms with van der Waals surface area (Å²) in [4.78, 5) is 23.0. The van der Waals surface area contributed by atoms with Crippen molar-refractivity contribution in [3.63, 3.8) is 0 Å². The summed E-state index contributed by atoms with van der Waals surface area (Å²) in [6.45, 7) is 3.57. The fraction of sp³-hybridized carbons (Fsp3) is 0.833. The summed E-state index contributed by atoms with van der Waals surface area (Å²) >= 11 is 0. The SMILES string of the molecule is CCC1(C(=O)O)CCCCC1(CC)C(=O)O. The predicted octanol–water partition coefficient (Wildman–Crippen LogP) is 2.52. The van der Waals surface area contributed by atoms with Crippen LogP contribution >= 0.6 is 0 Å². The molecule has 0 aromatic heterocycles. The highest BCUT2D eigenvalue weighted by Gasteiger charge is 2.60. The maximum atomic E-state index is 11.5. The van der Waals surface area contributed by atoms with Crippen molar-refractivity contribution in [2.24, 2.45) is 10.8 Å². The standard InChI is InChI=1S/C12H20O4/c1-3-11(9(13)14)7-5-6-8-12(11,4-2)10(15)16/h3-8H2,1-2H3,(H,13,14)(H,15,16). The van der Waals surface area contributed by atoms with E-state index in [0.29, 0.717) is 25.7 Å². The molecule has 1 fully saturated rings. The fourth-order valence-corrected chi connectivity index (χ4v) is 3.29. The van der Waals surface area contributed by atoms with Crippen LogP contribution in [-0.2, 0) is 9.59 Å². The lowest BCUT2D eigenvalue weighted by molar-refractivity contribution is -0.181. The van der Waals surface area contributed by atoms with Gasteiger partial charge in [-0.1, -0.05) is 26.7 Å². The lowest BCUT2D eigenvalue weighted by Crippen LogP contribution is -2.53. The highest BCUT2D eigenvalue weighted by atomic mass is 16.4. The Hall–Kier alpha value is -1.06. The van der Waals surface area contributed by atoms with E-state index < -0.39 is 22.8 Å². The Balaban J connectivity index is 3.29. The van der Waals surface area contributed by atoms with Crippen molar-refractivity contribution in [1.82, 2.24) is 0 Å². The van der Waals surface area contributed by atoms with Gasteiger partial charge in [0, 0.05) is 0 Å². The summed E-state index contributed by atoms with van der Waals surface area (Å²) < 4.78 is 0. The number of carboxylic acid groups (broad SMARTS) is 2. The van der Waals surface area contributed by atoms with Crippen molar-refractivity contribution in [1.29, 1.82) is 0 Å². The van der Waals surface area contributed by atoms with Gasteiger partial charge in [0.25, 0.3) is 0 Å². The van der Waals surface area contributed by atoms with Crippen LogP contribution in [0.4, 0.5) is 0 Å². The van der Waals surface area contributed by atoms with Gasteiger partial charge < -0.3 is 10.2 Å². The van der Waals surface area contributed by atoms with Crippen molar-refractivity contribution in [2.45, 2.75) is 52.4 Å². The molecule has 0 aromatic carbocycles. The Kier molecular flexibility index (Phi) is 3.61. The number of rotatable bonds is 4. The van der Waals surface area contributed by atoms with Gasteiger partial charge in [0.15, 0.2) is 0 Å². The Morgan fingerprint density at radius 3 is 1.44 bits per heavy atom. The molecule has 0 heterocycles. The van der Waals surface area contributed by atoms with Gasteiger partial charge in [-0.3, -0.25) is 9.59 Å². The molecule has 1 aliphatic carbocycles. The molecule has 0 amide bonds. The van der Waals surface area contributed by atoms with Crippen molar-refractivity contribution in [3.05, 3.63) is 0 Å². The van der Waals surface area contributed by atoms with Crippen LogP contribution < -0.4 is 0 Å². The lowest BCUT2D eigenvalue weighted by atomic mass is 9.53. The minimum Gasteiger partial charge on any atom is -0.481 e. The zero-order valence-electron chi connectivity index (χ0n) is 9.95. The number of carbonyl (C=O) groups is 2. The number of aliphatic carboxylic acids is 2. The molecule has 92 valence electrons. The molecule has 0 radical (unpaired) electrons. The second-order valence-corrected chi connectivity index (χ2v) is 4.69. The molecule has 2 N–H and O–H groups in total. The third kappa shape index (κ3) is 1.51. The van der Waals surface area contributed by atoms with Crippen LogP contribution in [0.5, 0.6) is 0 Å². The Labute approximate surface area is 95.7 Å². The van der Waals surface area contributed by atoms with Crippen LogP contribution in [0.1, 0.15) is 52.4 Å². The maximum absolute atomic E-state index is 11.5. The van der Waals surface area contributed by atoms with E-state index in [1.165, 1.54) is 0 Å². The van der Waals surface area contributed by atoms with Gasteiger partial charge in [0.2, 0.25) is 0 Å². The summed E-state index contributed by atoms with van der Waals surface area (Å²) in [5.41, 5.74) is -2.16. The van der Waals surface area contributed by atoms with E-state index in [9.17, 15) is 19.8 Å². The Morgan fingerprint density at radius 2 is 1.25 bits per heavy atom. The second-order valence-electron chi connectivity index (χ2n) is 4.69. The molecule has 4 nitrogen and oxygen atoms in total. The van der Waals surface area contributed by atoms with Gasteiger partial charge in [0.1, 0.15) is 0 Å². The molecule has 1 rings (SSSR count). The summed E-state index contributed by atoms with van der Waals surface area (Å²) in [7, 11) is 0. The topological polar surface area (TPSA) is 74.6 Å². The molecular formula is C12H20O4. The number of carboxylic acids is 2. The van der Waals surface area contributed by atoms with Crippen molar-refractivity contribution in [2.75, 3.05) is 0 Å². The minimum atomic E-state index is -1.08. The summed E-state index contributed by atoms with van der Waals surface area (Å²) in [6.07, 6.45) is 3.38. The first-order valence-corrected chi connectivity index (χ1v) is 5.93. The molecule has 2 unspecified atom stereocenters. The molecule has 0 bridgehead atoms. The van der Waals surface area contributed by atoms with Crippen molar-refractivity contribution < 1.29 is 19.8 Å². The van der Waals surface area contributed by atoms with E-state index in [-0.39, 0.29) is 0 Å². The monoisotopic (exact) mass is 228 g/mol. The first kappa shape index (κ1) is 13.0. The molecule has 4 heteroatoms. The van der Waals surface area contributed by atoms with E-state index in [2.05, 4.69) is 0 Å². The van der Waals surface area contributed by atoms with Gasteiger partial charge in [-0.05, 0) is 25.7 Å². The molecule has 16 heavy (non-hydrogen) atoms. The van der Waals surface area contributed by atoms with Crippen LogP contribution in [0.25, 0.3) is 0 Å². The van der Waals surface area contributed by atoms with E-state index >= 15 is 0 Å². The summed E-state index contributed by atoms with van der Waals surface area (Å²) in [5, 5.41) is 18.9. The summed E-state index contributed by atoms with van der Waals surface area (Å²) in [5.74, 6) is -1.89. The van der Waals surface area contributed by atoms with Gasteiger partial charge in [-0.2, -0.15) is 0 Å². The van der Waals surface area contributed by atoms with Gasteiger partial charge in [-0.15, -0.1) is 0 Å². The van der Waals surface area contributed by atoms with Crippen LogP contribution in [0, 0.1) is 10.8 Å². The van der Waals surface area contributed by atoms with Crippen molar-refractivity contribution in [3.8, 4) is 0 Å². The molecular weight excluding hydrogens is 208 g/mol. The second kappa shape index (κ2) is 4.44. The number of hydrogen-bond donors (Lipinski definition) is 2. The third-order valence-electron chi connectivity index (χ3n) is 4.40. The largest absolute Gasteiger partial charge is 0.481 e. The fourth-order valence-electron chi connectivity index (χ4n) is 3.29. The zero-order chi connectivity index (χ0) is 12.4. The smallest absolute Gasteiger partial charge is 0.310 e. The normalized spacial score (nSPS) is 34.6. The molecule has 0 spiro atoms. The van der Waals surface area contributed by atoms with Gasteiger partial charge >= 0.3 is 11.9 Å². The van der Waals surface area contributed by atoms with Crippen LogP contribution in [0.2, 0.25) is 0 Å². The molecule has 0 saturated heterocycles. The predicted molar refractivity (Wildman–Crippen MR) is 59.2 cm³/mol. The molecule has 2 atom stereocenters. The average molecular weight is 228 g/mol. The lowest BCUT2D eigenvalue weighted by Gasteiger charge is -2.47.